The van der Waals surface area contributed by atoms with Crippen LogP contribution in [-0.4, -0.2) is 40.3 Å². The zero-order valence-corrected chi connectivity index (χ0v) is 15.8. The number of fused-ring (bicyclic) bond motifs is 1. The molecule has 5 nitrogen and oxygen atoms in total. The molecule has 1 fully saturated rings. The van der Waals surface area contributed by atoms with Gasteiger partial charge in [0.15, 0.2) is 15.8 Å². The van der Waals surface area contributed by atoms with Crippen LogP contribution in [-0.2, 0) is 6.54 Å². The number of thioether (sulfide) groups is 1. The SMILES string of the molecule is CSc1nc2ncnc(N3CCCC(NCc4ccccc4)C3)c2s1. The van der Waals surface area contributed by atoms with Crippen molar-refractivity contribution in [3.63, 3.8) is 0 Å². The third kappa shape index (κ3) is 3.78. The van der Waals surface area contributed by atoms with Crippen LogP contribution in [0.1, 0.15) is 18.4 Å². The third-order valence-corrected chi connectivity index (χ3v) is 6.51. The van der Waals surface area contributed by atoms with Crippen LogP contribution in [0.5, 0.6) is 0 Å². The minimum Gasteiger partial charge on any atom is -0.354 e. The van der Waals surface area contributed by atoms with Crippen molar-refractivity contribution in [2.75, 3.05) is 24.2 Å². The van der Waals surface area contributed by atoms with E-state index in [9.17, 15) is 0 Å². The molecule has 0 saturated carbocycles. The monoisotopic (exact) mass is 371 g/mol. The smallest absolute Gasteiger partial charge is 0.176 e. The van der Waals surface area contributed by atoms with Gasteiger partial charge in [0, 0.05) is 25.7 Å². The largest absolute Gasteiger partial charge is 0.354 e. The molecule has 1 N–H and O–H groups in total. The Hall–Kier alpha value is -1.70. The zero-order chi connectivity index (χ0) is 17.1. The van der Waals surface area contributed by atoms with Crippen molar-refractivity contribution >= 4 is 39.3 Å². The van der Waals surface area contributed by atoms with Crippen molar-refractivity contribution in [3.8, 4) is 0 Å². The minimum absolute atomic E-state index is 0.479. The van der Waals surface area contributed by atoms with Gasteiger partial charge in [-0.25, -0.2) is 15.0 Å². The number of rotatable bonds is 5. The summed E-state index contributed by atoms with van der Waals surface area (Å²) >= 11 is 3.36. The number of anilines is 1. The summed E-state index contributed by atoms with van der Waals surface area (Å²) in [7, 11) is 0. The van der Waals surface area contributed by atoms with Crippen LogP contribution in [0.2, 0.25) is 0 Å². The molecule has 25 heavy (non-hydrogen) atoms. The molecule has 3 aromatic rings. The lowest BCUT2D eigenvalue weighted by Crippen LogP contribution is -2.45. The molecule has 1 aliphatic rings. The van der Waals surface area contributed by atoms with E-state index < -0.39 is 0 Å². The highest BCUT2D eigenvalue weighted by molar-refractivity contribution is 8.00. The highest BCUT2D eigenvalue weighted by Gasteiger charge is 2.23. The molecular formula is C18H21N5S2. The Morgan fingerprint density at radius 2 is 2.16 bits per heavy atom. The number of hydrogen-bond donors (Lipinski definition) is 1. The van der Waals surface area contributed by atoms with Crippen LogP contribution in [0, 0.1) is 0 Å². The fourth-order valence-electron chi connectivity index (χ4n) is 3.23. The molecule has 1 atom stereocenters. The first kappa shape index (κ1) is 16.8. The van der Waals surface area contributed by atoms with Crippen LogP contribution in [0.3, 0.4) is 0 Å². The van der Waals surface area contributed by atoms with Gasteiger partial charge in [-0.1, -0.05) is 42.1 Å². The summed E-state index contributed by atoms with van der Waals surface area (Å²) in [6.07, 6.45) is 6.07. The molecule has 1 aliphatic heterocycles. The molecule has 0 amide bonds. The fourth-order valence-corrected chi connectivity index (χ4v) is 4.76. The van der Waals surface area contributed by atoms with Gasteiger partial charge in [0.05, 0.1) is 0 Å². The van der Waals surface area contributed by atoms with E-state index in [-0.39, 0.29) is 0 Å². The Balaban J connectivity index is 1.48. The predicted molar refractivity (Wildman–Crippen MR) is 106 cm³/mol. The van der Waals surface area contributed by atoms with Crippen molar-refractivity contribution in [3.05, 3.63) is 42.2 Å². The van der Waals surface area contributed by atoms with E-state index in [1.165, 1.54) is 18.4 Å². The normalized spacial score (nSPS) is 18.0. The van der Waals surface area contributed by atoms with Gasteiger partial charge in [-0.2, -0.15) is 0 Å². The number of benzene rings is 1. The second kappa shape index (κ2) is 7.68. The van der Waals surface area contributed by atoms with E-state index in [2.05, 4.69) is 61.8 Å². The maximum atomic E-state index is 4.58. The van der Waals surface area contributed by atoms with Crippen LogP contribution in [0.4, 0.5) is 5.82 Å². The first-order chi connectivity index (χ1) is 12.3. The van der Waals surface area contributed by atoms with Gasteiger partial charge in [0.2, 0.25) is 0 Å². The molecule has 7 heteroatoms. The number of thiazole rings is 1. The molecule has 4 rings (SSSR count). The highest BCUT2D eigenvalue weighted by Crippen LogP contribution is 2.33. The summed E-state index contributed by atoms with van der Waals surface area (Å²) in [5.74, 6) is 1.04. The first-order valence-corrected chi connectivity index (χ1v) is 10.6. The van der Waals surface area contributed by atoms with Gasteiger partial charge in [0.1, 0.15) is 11.0 Å². The average molecular weight is 372 g/mol. The molecule has 1 unspecified atom stereocenters. The van der Waals surface area contributed by atoms with E-state index in [0.717, 1.165) is 40.1 Å². The summed E-state index contributed by atoms with van der Waals surface area (Å²) in [6.45, 7) is 2.93. The van der Waals surface area contributed by atoms with Crippen molar-refractivity contribution in [1.82, 2.24) is 20.3 Å². The van der Waals surface area contributed by atoms with Gasteiger partial charge < -0.3 is 10.2 Å². The summed E-state index contributed by atoms with van der Waals surface area (Å²) in [5.41, 5.74) is 2.15. The molecular weight excluding hydrogens is 350 g/mol. The lowest BCUT2D eigenvalue weighted by Gasteiger charge is -2.34. The average Bonchev–Trinajstić information content (AvgIpc) is 3.11. The van der Waals surface area contributed by atoms with Gasteiger partial charge in [0.25, 0.3) is 0 Å². The molecule has 1 aromatic carbocycles. The van der Waals surface area contributed by atoms with Crippen LogP contribution in [0.15, 0.2) is 41.0 Å². The molecule has 0 radical (unpaired) electrons. The van der Waals surface area contributed by atoms with E-state index >= 15 is 0 Å². The van der Waals surface area contributed by atoms with Crippen molar-refractivity contribution < 1.29 is 0 Å². The number of nitrogens with zero attached hydrogens (tertiary/aromatic N) is 4. The second-order valence-electron chi connectivity index (χ2n) is 6.19. The maximum Gasteiger partial charge on any atom is 0.176 e. The third-order valence-electron chi connectivity index (χ3n) is 4.49. The molecule has 1 saturated heterocycles. The molecule has 0 spiro atoms. The van der Waals surface area contributed by atoms with Crippen LogP contribution in [0.25, 0.3) is 10.3 Å². The molecule has 0 aliphatic carbocycles. The number of piperidine rings is 1. The fraction of sp³-hybridized carbons (Fsp3) is 0.389. The minimum atomic E-state index is 0.479. The molecule has 2 aromatic heterocycles. The topological polar surface area (TPSA) is 53.9 Å². The number of hydrogen-bond acceptors (Lipinski definition) is 7. The van der Waals surface area contributed by atoms with E-state index in [1.54, 1.807) is 29.4 Å². The lowest BCUT2D eigenvalue weighted by atomic mass is 10.1. The molecule has 0 bridgehead atoms. The van der Waals surface area contributed by atoms with Gasteiger partial charge >= 0.3 is 0 Å². The summed E-state index contributed by atoms with van der Waals surface area (Å²) < 4.78 is 2.16. The molecule has 130 valence electrons. The molecule has 3 heterocycles. The maximum absolute atomic E-state index is 4.58. The standard InChI is InChI=1S/C18H21N5S2/c1-24-18-22-16-15(25-18)17(21-12-20-16)23-9-5-8-14(11-23)19-10-13-6-3-2-4-7-13/h2-4,6-7,12,14,19H,5,8-11H2,1H3. The summed E-state index contributed by atoms with van der Waals surface area (Å²) in [6, 6.07) is 11.1. The quantitative estimate of drug-likeness (QED) is 0.692. The van der Waals surface area contributed by atoms with Crippen molar-refractivity contribution in [2.24, 2.45) is 0 Å². The summed E-state index contributed by atoms with van der Waals surface area (Å²) in [4.78, 5) is 15.9. The van der Waals surface area contributed by atoms with E-state index in [0.29, 0.717) is 6.04 Å². The second-order valence-corrected chi connectivity index (χ2v) is 8.24. The summed E-state index contributed by atoms with van der Waals surface area (Å²) in [5, 5.41) is 3.70. The lowest BCUT2D eigenvalue weighted by molar-refractivity contribution is 0.420. The Bertz CT molecular complexity index is 836. The van der Waals surface area contributed by atoms with Gasteiger partial charge in [-0.3, -0.25) is 0 Å². The Morgan fingerprint density at radius 3 is 3.00 bits per heavy atom. The number of aromatic nitrogens is 3. The van der Waals surface area contributed by atoms with Crippen molar-refractivity contribution in [2.45, 2.75) is 29.8 Å². The predicted octanol–water partition coefficient (Wildman–Crippen LogP) is 3.57. The Morgan fingerprint density at radius 1 is 1.28 bits per heavy atom. The van der Waals surface area contributed by atoms with E-state index in [1.807, 2.05) is 0 Å². The Kier molecular flexibility index (Phi) is 5.14. The highest BCUT2D eigenvalue weighted by atomic mass is 32.2. The van der Waals surface area contributed by atoms with Crippen molar-refractivity contribution in [1.29, 1.82) is 0 Å². The van der Waals surface area contributed by atoms with Gasteiger partial charge in [-0.05, 0) is 24.7 Å². The first-order valence-electron chi connectivity index (χ1n) is 8.51. The van der Waals surface area contributed by atoms with E-state index in [4.69, 9.17) is 0 Å². The zero-order valence-electron chi connectivity index (χ0n) is 14.2. The number of nitrogens with one attached hydrogen (secondary N) is 1. The van der Waals surface area contributed by atoms with Crippen LogP contribution >= 0.6 is 23.1 Å². The Labute approximate surface area is 155 Å². The van der Waals surface area contributed by atoms with Crippen LogP contribution < -0.4 is 10.2 Å². The van der Waals surface area contributed by atoms with Gasteiger partial charge in [-0.15, -0.1) is 11.3 Å².